The fourth-order valence-electron chi connectivity index (χ4n) is 3.72. The number of benzene rings is 1. The van der Waals surface area contributed by atoms with E-state index in [1.165, 1.54) is 19.3 Å². The molecule has 0 bridgehead atoms. The van der Waals surface area contributed by atoms with Crippen LogP contribution in [0.25, 0.3) is 10.9 Å². The van der Waals surface area contributed by atoms with E-state index in [0.29, 0.717) is 13.0 Å². The summed E-state index contributed by atoms with van der Waals surface area (Å²) in [5.41, 5.74) is 3.03. The highest BCUT2D eigenvalue weighted by molar-refractivity contribution is 5.89. The van der Waals surface area contributed by atoms with Gasteiger partial charge in [0.2, 0.25) is 11.9 Å². The van der Waals surface area contributed by atoms with E-state index in [0.717, 1.165) is 41.2 Å². The zero-order valence-electron chi connectivity index (χ0n) is 15.7. The number of amides is 1. The highest BCUT2D eigenvalue weighted by Gasteiger charge is 2.14. The van der Waals surface area contributed by atoms with Crippen LogP contribution in [0.15, 0.2) is 42.7 Å². The van der Waals surface area contributed by atoms with Gasteiger partial charge in [-0.25, -0.2) is 9.97 Å². The molecule has 27 heavy (non-hydrogen) atoms. The van der Waals surface area contributed by atoms with E-state index in [1.807, 2.05) is 31.4 Å². The number of para-hydroxylation sites is 1. The molecule has 0 saturated carbocycles. The smallest absolute Gasteiger partial charge is 0.225 e. The summed E-state index contributed by atoms with van der Waals surface area (Å²) in [6.07, 6.45) is 7.84. The molecule has 0 spiro atoms. The van der Waals surface area contributed by atoms with E-state index in [-0.39, 0.29) is 5.91 Å². The zero-order chi connectivity index (χ0) is 18.6. The third kappa shape index (κ3) is 3.94. The van der Waals surface area contributed by atoms with Gasteiger partial charge in [0.05, 0.1) is 18.7 Å². The number of piperidine rings is 1. The number of carbonyl (C=O) groups is 1. The number of nitrogens with zero attached hydrogens (tertiary/aromatic N) is 4. The van der Waals surface area contributed by atoms with Gasteiger partial charge in [-0.15, -0.1) is 0 Å². The van der Waals surface area contributed by atoms with Gasteiger partial charge >= 0.3 is 0 Å². The van der Waals surface area contributed by atoms with Crippen LogP contribution in [0.2, 0.25) is 0 Å². The van der Waals surface area contributed by atoms with Crippen molar-refractivity contribution < 1.29 is 4.79 Å². The van der Waals surface area contributed by atoms with E-state index in [2.05, 4.69) is 36.9 Å². The molecule has 1 aliphatic heterocycles. The third-order valence-corrected chi connectivity index (χ3v) is 5.14. The van der Waals surface area contributed by atoms with Crippen molar-refractivity contribution in [1.82, 2.24) is 19.9 Å². The van der Waals surface area contributed by atoms with Crippen molar-refractivity contribution in [2.75, 3.05) is 18.0 Å². The summed E-state index contributed by atoms with van der Waals surface area (Å²) >= 11 is 0. The standard InChI is InChI=1S/C21H25N5O/c1-25-15-16(18-7-3-4-8-19(18)25)13-20(27)23-14-17-9-10-22-21(24-17)26-11-5-2-6-12-26/h3-4,7-10,15H,2,5-6,11-14H2,1H3,(H,23,27). The second-order valence-corrected chi connectivity index (χ2v) is 7.13. The minimum atomic E-state index is 0.00416. The monoisotopic (exact) mass is 363 g/mol. The molecule has 4 rings (SSSR count). The molecule has 1 aliphatic rings. The van der Waals surface area contributed by atoms with Gasteiger partial charge in [0.15, 0.2) is 0 Å². The highest BCUT2D eigenvalue weighted by atomic mass is 16.1. The predicted octanol–water partition coefficient (Wildman–Crippen LogP) is 2.82. The van der Waals surface area contributed by atoms with Gasteiger partial charge in [-0.1, -0.05) is 18.2 Å². The molecule has 0 unspecified atom stereocenters. The maximum Gasteiger partial charge on any atom is 0.225 e. The van der Waals surface area contributed by atoms with Crippen molar-refractivity contribution in [1.29, 1.82) is 0 Å². The number of carbonyl (C=O) groups excluding carboxylic acids is 1. The van der Waals surface area contributed by atoms with Crippen molar-refractivity contribution in [2.45, 2.75) is 32.2 Å². The first-order chi connectivity index (χ1) is 13.2. The van der Waals surface area contributed by atoms with Gasteiger partial charge in [-0.3, -0.25) is 4.79 Å². The Hall–Kier alpha value is -2.89. The SMILES string of the molecule is Cn1cc(CC(=O)NCc2ccnc(N3CCCCC3)n2)c2ccccc21. The number of nitrogens with one attached hydrogen (secondary N) is 1. The second-order valence-electron chi connectivity index (χ2n) is 7.13. The lowest BCUT2D eigenvalue weighted by Crippen LogP contribution is -2.31. The summed E-state index contributed by atoms with van der Waals surface area (Å²) in [5.74, 6) is 0.778. The van der Waals surface area contributed by atoms with Crippen LogP contribution in [-0.2, 0) is 24.8 Å². The molecule has 1 saturated heterocycles. The molecule has 6 nitrogen and oxygen atoms in total. The largest absolute Gasteiger partial charge is 0.350 e. The predicted molar refractivity (Wildman–Crippen MR) is 107 cm³/mol. The summed E-state index contributed by atoms with van der Waals surface area (Å²) in [6, 6.07) is 10.0. The van der Waals surface area contributed by atoms with E-state index in [9.17, 15) is 4.79 Å². The molecule has 0 radical (unpaired) electrons. The lowest BCUT2D eigenvalue weighted by Gasteiger charge is -2.26. The van der Waals surface area contributed by atoms with Gasteiger partial charge in [0, 0.05) is 43.4 Å². The Kier molecular flexibility index (Phi) is 5.05. The normalized spacial score (nSPS) is 14.5. The molecule has 1 fully saturated rings. The fraction of sp³-hybridized carbons (Fsp3) is 0.381. The molecule has 0 atom stereocenters. The van der Waals surface area contributed by atoms with Crippen LogP contribution in [0, 0.1) is 0 Å². The Morgan fingerprint density at radius 2 is 1.96 bits per heavy atom. The number of hydrogen-bond acceptors (Lipinski definition) is 4. The van der Waals surface area contributed by atoms with Crippen LogP contribution in [0.5, 0.6) is 0 Å². The minimum Gasteiger partial charge on any atom is -0.350 e. The number of hydrogen-bond donors (Lipinski definition) is 1. The number of rotatable bonds is 5. The number of anilines is 1. The molecular formula is C21H25N5O. The molecule has 3 heterocycles. The molecule has 3 aromatic rings. The lowest BCUT2D eigenvalue weighted by molar-refractivity contribution is -0.120. The molecular weight excluding hydrogens is 338 g/mol. The van der Waals surface area contributed by atoms with Crippen molar-refractivity contribution in [3.63, 3.8) is 0 Å². The average Bonchev–Trinajstić information content (AvgIpc) is 3.03. The van der Waals surface area contributed by atoms with Crippen LogP contribution in [-0.4, -0.2) is 33.5 Å². The molecule has 2 aromatic heterocycles. The topological polar surface area (TPSA) is 63.1 Å². The quantitative estimate of drug-likeness (QED) is 0.757. The van der Waals surface area contributed by atoms with Gasteiger partial charge in [-0.2, -0.15) is 0 Å². The Labute approximate surface area is 159 Å². The van der Waals surface area contributed by atoms with Gasteiger partial charge in [0.1, 0.15) is 0 Å². The first-order valence-corrected chi connectivity index (χ1v) is 9.57. The van der Waals surface area contributed by atoms with Gasteiger partial charge < -0.3 is 14.8 Å². The first kappa shape index (κ1) is 17.5. The van der Waals surface area contributed by atoms with E-state index >= 15 is 0 Å². The summed E-state index contributed by atoms with van der Waals surface area (Å²) in [6.45, 7) is 2.45. The van der Waals surface area contributed by atoms with Crippen LogP contribution in [0.4, 0.5) is 5.95 Å². The van der Waals surface area contributed by atoms with Crippen LogP contribution >= 0.6 is 0 Å². The Balaban J connectivity index is 1.39. The lowest BCUT2D eigenvalue weighted by atomic mass is 10.1. The number of fused-ring (bicyclic) bond motifs is 1. The van der Waals surface area contributed by atoms with Crippen LogP contribution < -0.4 is 10.2 Å². The molecule has 1 amide bonds. The van der Waals surface area contributed by atoms with Crippen molar-refractivity contribution in [3.8, 4) is 0 Å². The zero-order valence-corrected chi connectivity index (χ0v) is 15.7. The molecule has 0 aliphatic carbocycles. The Bertz CT molecular complexity index is 943. The van der Waals surface area contributed by atoms with Crippen molar-refractivity contribution in [2.24, 2.45) is 7.05 Å². The fourth-order valence-corrected chi connectivity index (χ4v) is 3.72. The van der Waals surface area contributed by atoms with Crippen molar-refractivity contribution >= 4 is 22.8 Å². The summed E-state index contributed by atoms with van der Waals surface area (Å²) < 4.78 is 2.06. The molecule has 6 heteroatoms. The number of aryl methyl sites for hydroxylation is 1. The average molecular weight is 363 g/mol. The van der Waals surface area contributed by atoms with E-state index < -0.39 is 0 Å². The summed E-state index contributed by atoms with van der Waals surface area (Å²) in [7, 11) is 2.01. The Morgan fingerprint density at radius 1 is 1.15 bits per heavy atom. The maximum absolute atomic E-state index is 12.5. The highest BCUT2D eigenvalue weighted by Crippen LogP contribution is 2.20. The Morgan fingerprint density at radius 3 is 2.81 bits per heavy atom. The second kappa shape index (κ2) is 7.78. The van der Waals surface area contributed by atoms with E-state index in [1.54, 1.807) is 6.20 Å². The van der Waals surface area contributed by atoms with Crippen LogP contribution in [0.1, 0.15) is 30.5 Å². The third-order valence-electron chi connectivity index (χ3n) is 5.14. The maximum atomic E-state index is 12.5. The molecule has 1 N–H and O–H groups in total. The van der Waals surface area contributed by atoms with Gasteiger partial charge in [-0.05, 0) is 37.0 Å². The first-order valence-electron chi connectivity index (χ1n) is 9.57. The summed E-state index contributed by atoms with van der Waals surface area (Å²) in [5, 5.41) is 4.12. The van der Waals surface area contributed by atoms with Crippen LogP contribution in [0.3, 0.4) is 0 Å². The van der Waals surface area contributed by atoms with Gasteiger partial charge in [0.25, 0.3) is 0 Å². The van der Waals surface area contributed by atoms with E-state index in [4.69, 9.17) is 0 Å². The number of aromatic nitrogens is 3. The summed E-state index contributed by atoms with van der Waals surface area (Å²) in [4.78, 5) is 23.7. The molecule has 140 valence electrons. The minimum absolute atomic E-state index is 0.00416. The molecule has 1 aromatic carbocycles. The van der Waals surface area contributed by atoms with Crippen molar-refractivity contribution in [3.05, 3.63) is 54.0 Å².